The van der Waals surface area contributed by atoms with Gasteiger partial charge in [-0.2, -0.15) is 11.1 Å². The second kappa shape index (κ2) is 8.73. The van der Waals surface area contributed by atoms with E-state index in [1.54, 1.807) is 12.1 Å². The Morgan fingerprint density at radius 3 is 2.45 bits per heavy atom. The van der Waals surface area contributed by atoms with Crippen LogP contribution in [0.3, 0.4) is 0 Å². The number of primary sulfonamides is 1. The number of hydrazine groups is 3. The predicted octanol–water partition coefficient (Wildman–Crippen LogP) is -0.565. The van der Waals surface area contributed by atoms with Gasteiger partial charge in [0.25, 0.3) is 0 Å². The van der Waals surface area contributed by atoms with Crippen molar-refractivity contribution in [2.45, 2.75) is 34.0 Å². The normalized spacial score (nSPS) is 19.3. The van der Waals surface area contributed by atoms with Crippen LogP contribution in [0.5, 0.6) is 0 Å². The highest BCUT2D eigenvalue weighted by Gasteiger charge is 2.34. The van der Waals surface area contributed by atoms with Gasteiger partial charge < -0.3 is 16.0 Å². The van der Waals surface area contributed by atoms with Gasteiger partial charge in [-0.1, -0.05) is 18.2 Å². The molecular formula is C19H25N9O3S2. The van der Waals surface area contributed by atoms with Crippen molar-refractivity contribution in [2.24, 2.45) is 5.14 Å². The number of anilines is 1. The van der Waals surface area contributed by atoms with Crippen LogP contribution in [0.2, 0.25) is 0 Å². The van der Waals surface area contributed by atoms with Crippen molar-refractivity contribution in [2.75, 3.05) is 18.8 Å². The highest BCUT2D eigenvalue weighted by atomic mass is 32.2. The smallest absolute Gasteiger partial charge is 0.239 e. The highest BCUT2D eigenvalue weighted by molar-refractivity contribution is 7.91. The summed E-state index contributed by atoms with van der Waals surface area (Å²) in [6.07, 6.45) is 0.676. The van der Waals surface area contributed by atoms with Crippen LogP contribution in [-0.2, 0) is 20.8 Å². The van der Waals surface area contributed by atoms with Gasteiger partial charge in [-0.05, 0) is 43.6 Å². The molecule has 3 heterocycles. The third kappa shape index (κ3) is 4.15. The third-order valence-electron chi connectivity index (χ3n) is 5.86. The van der Waals surface area contributed by atoms with Crippen LogP contribution in [-0.4, -0.2) is 40.9 Å². The van der Waals surface area contributed by atoms with Gasteiger partial charge in [0.05, 0.1) is 26.7 Å². The maximum atomic E-state index is 13.6. The first kappa shape index (κ1) is 22.4. The number of nitrogens with one attached hydrogen (secondary N) is 6. The molecule has 0 bridgehead atoms. The van der Waals surface area contributed by atoms with E-state index in [1.165, 1.54) is 0 Å². The predicted molar refractivity (Wildman–Crippen MR) is 125 cm³/mol. The Morgan fingerprint density at radius 2 is 1.76 bits per heavy atom. The molecule has 2 aromatic carbocycles. The van der Waals surface area contributed by atoms with Gasteiger partial charge in [0.2, 0.25) is 10.0 Å². The number of rotatable bonds is 5. The van der Waals surface area contributed by atoms with Crippen LogP contribution in [0.4, 0.5) is 5.95 Å². The van der Waals surface area contributed by atoms with E-state index in [-0.39, 0.29) is 21.0 Å². The number of piperidine rings is 1. The fourth-order valence-electron chi connectivity index (χ4n) is 4.41. The van der Waals surface area contributed by atoms with Crippen LogP contribution >= 0.6 is 0 Å². The lowest BCUT2D eigenvalue weighted by atomic mass is 9.96. The molecule has 2 aliphatic rings. The first-order chi connectivity index (χ1) is 15.8. The Kier molecular flexibility index (Phi) is 5.92. The number of imidazole rings is 1. The maximum Gasteiger partial charge on any atom is 0.239 e. The Balaban J connectivity index is 1.78. The molecule has 10 N–H and O–H groups in total. The number of aromatic nitrogens is 2. The molecule has 5 rings (SSSR count). The zero-order valence-corrected chi connectivity index (χ0v) is 19.1. The number of fused-ring (bicyclic) bond motifs is 1. The molecule has 176 valence electrons. The average Bonchev–Trinajstić information content (AvgIpc) is 3.46. The van der Waals surface area contributed by atoms with Gasteiger partial charge in [0.15, 0.2) is 5.95 Å². The van der Waals surface area contributed by atoms with E-state index in [4.69, 9.17) is 10.9 Å². The zero-order valence-electron chi connectivity index (χ0n) is 17.5. The first-order valence-electron chi connectivity index (χ1n) is 10.4. The molecular weight excluding hydrogens is 466 g/mol. The van der Waals surface area contributed by atoms with Gasteiger partial charge in [-0.25, -0.2) is 29.4 Å². The number of H-pyrrole nitrogens is 1. The number of nitrogens with zero attached hydrogens (tertiary/aromatic N) is 1. The van der Waals surface area contributed by atoms with E-state index in [2.05, 4.69) is 37.2 Å². The minimum absolute atomic E-state index is 0.159. The van der Waals surface area contributed by atoms with Crippen molar-refractivity contribution >= 4 is 37.8 Å². The van der Waals surface area contributed by atoms with Gasteiger partial charge in [0, 0.05) is 16.4 Å². The Hall–Kier alpha value is -2.43. The number of nitrogen functional groups attached to an aromatic ring is 1. The summed E-state index contributed by atoms with van der Waals surface area (Å²) in [6.45, 7) is 1.46. The lowest BCUT2D eigenvalue weighted by Crippen LogP contribution is -2.34. The van der Waals surface area contributed by atoms with E-state index in [9.17, 15) is 12.6 Å². The summed E-state index contributed by atoms with van der Waals surface area (Å²) >= 11 is 0. The minimum Gasteiger partial charge on any atom is -0.369 e. The molecule has 2 fully saturated rings. The molecule has 1 aromatic heterocycles. The van der Waals surface area contributed by atoms with E-state index in [0.717, 1.165) is 13.1 Å². The summed E-state index contributed by atoms with van der Waals surface area (Å²) in [7, 11) is -5.82. The summed E-state index contributed by atoms with van der Waals surface area (Å²) < 4.78 is 39.5. The van der Waals surface area contributed by atoms with Gasteiger partial charge in [-0.15, -0.1) is 0 Å². The SMILES string of the molecule is Nc1nc2c(-c3ccc(S(=O)C4CCNCC4)c(S(N)(=O)=O)c3C3NNNN3)cccc2[nH]1. The standard InChI is InChI=1S/C19H25N9O3S2/c20-19-23-13-3-1-2-12(16(13)24-19)11-4-5-14(32(29)10-6-8-22-9-7-10)17(33(21,30)31)15(11)18-25-27-28-26-18/h1-5,10,18,22,25-28H,6-9H2,(H3,20,23,24)(H2,21,30,31). The first-order valence-corrected chi connectivity index (χ1v) is 13.2. The highest BCUT2D eigenvalue weighted by Crippen LogP contribution is 2.39. The van der Waals surface area contributed by atoms with E-state index in [1.807, 2.05) is 18.2 Å². The van der Waals surface area contributed by atoms with Crippen LogP contribution in [0.15, 0.2) is 40.1 Å². The van der Waals surface area contributed by atoms with Crippen LogP contribution in [0.1, 0.15) is 24.6 Å². The molecule has 33 heavy (non-hydrogen) atoms. The van der Waals surface area contributed by atoms with Gasteiger partial charge >= 0.3 is 0 Å². The Morgan fingerprint density at radius 1 is 1.03 bits per heavy atom. The van der Waals surface area contributed by atoms with Crippen molar-refractivity contribution in [1.29, 1.82) is 0 Å². The molecule has 0 amide bonds. The number of sulfonamides is 1. The number of nitrogens with two attached hydrogens (primary N) is 2. The molecule has 1 atom stereocenters. The summed E-state index contributed by atoms with van der Waals surface area (Å²) in [5.41, 5.74) is 20.0. The quantitative estimate of drug-likeness (QED) is 0.229. The van der Waals surface area contributed by atoms with Crippen LogP contribution in [0, 0.1) is 0 Å². The molecule has 0 radical (unpaired) electrons. The summed E-state index contributed by atoms with van der Waals surface area (Å²) in [5, 5.41) is 8.82. The number of aromatic amines is 1. The summed E-state index contributed by atoms with van der Waals surface area (Å²) in [5.74, 6) is 0.245. The zero-order chi connectivity index (χ0) is 23.2. The second-order valence-corrected chi connectivity index (χ2v) is 11.1. The van der Waals surface area contributed by atoms with Crippen molar-refractivity contribution in [1.82, 2.24) is 37.2 Å². The van der Waals surface area contributed by atoms with Crippen molar-refractivity contribution in [3.63, 3.8) is 0 Å². The second-order valence-electron chi connectivity index (χ2n) is 7.94. The number of benzene rings is 2. The van der Waals surface area contributed by atoms with Crippen LogP contribution in [0.25, 0.3) is 22.2 Å². The van der Waals surface area contributed by atoms with Crippen molar-refractivity contribution < 1.29 is 12.6 Å². The summed E-state index contributed by atoms with van der Waals surface area (Å²) in [6, 6.07) is 8.84. The molecule has 2 saturated heterocycles. The topological polar surface area (TPSA) is 192 Å². The summed E-state index contributed by atoms with van der Waals surface area (Å²) in [4.78, 5) is 7.41. The molecule has 0 spiro atoms. The van der Waals surface area contributed by atoms with Crippen LogP contribution < -0.4 is 38.1 Å². The molecule has 12 nitrogen and oxygen atoms in total. The lowest BCUT2D eigenvalue weighted by Gasteiger charge is -2.25. The largest absolute Gasteiger partial charge is 0.369 e. The molecule has 1 unspecified atom stereocenters. The molecule has 14 heteroatoms. The lowest BCUT2D eigenvalue weighted by molar-refractivity contribution is 0.517. The van der Waals surface area contributed by atoms with Gasteiger partial charge in [0.1, 0.15) is 11.1 Å². The fourth-order valence-corrected chi connectivity index (χ4v) is 7.40. The number of hydrogen-bond donors (Lipinski definition) is 8. The van der Waals surface area contributed by atoms with Gasteiger partial charge in [-0.3, -0.25) is 4.21 Å². The third-order valence-corrected chi connectivity index (χ3v) is 8.84. The fraction of sp³-hybridized carbons (Fsp3) is 0.316. The van der Waals surface area contributed by atoms with E-state index < -0.39 is 27.0 Å². The number of para-hydroxylation sites is 1. The maximum absolute atomic E-state index is 13.6. The van der Waals surface area contributed by atoms with E-state index >= 15 is 0 Å². The van der Waals surface area contributed by atoms with Crippen molar-refractivity contribution in [3.8, 4) is 11.1 Å². The van der Waals surface area contributed by atoms with E-state index in [0.29, 0.717) is 40.6 Å². The monoisotopic (exact) mass is 491 g/mol. The molecule has 2 aliphatic heterocycles. The average molecular weight is 492 g/mol. The number of hydrogen-bond acceptors (Lipinski definition) is 10. The minimum atomic E-state index is -4.26. The molecule has 3 aromatic rings. The van der Waals surface area contributed by atoms with Crippen molar-refractivity contribution in [3.05, 3.63) is 35.9 Å². The molecule has 0 aliphatic carbocycles. The Labute approximate surface area is 192 Å². The Bertz CT molecular complexity index is 1330. The molecule has 0 saturated carbocycles.